The quantitative estimate of drug-likeness (QED) is 0.610. The van der Waals surface area contributed by atoms with Gasteiger partial charge in [-0.3, -0.25) is 9.00 Å². The summed E-state index contributed by atoms with van der Waals surface area (Å²) in [6.07, 6.45) is 2.36. The lowest BCUT2D eigenvalue weighted by Gasteiger charge is -2.07. The molecule has 1 aromatic rings. The Hall–Kier alpha value is -1.36. The SMILES string of the molecule is Cc1ccc(N)c(C(=O)NCCCS(C)=O)c1. The number of rotatable bonds is 5. The fourth-order valence-corrected chi connectivity index (χ4v) is 1.99. The molecule has 1 rings (SSSR count). The molecule has 0 radical (unpaired) electrons. The molecule has 1 unspecified atom stereocenters. The summed E-state index contributed by atoms with van der Waals surface area (Å²) >= 11 is 0. The van der Waals surface area contributed by atoms with E-state index < -0.39 is 10.8 Å². The standard InChI is InChI=1S/C12H18N2O2S/c1-9-4-5-11(13)10(8-9)12(15)14-6-3-7-17(2)16/h4-5,8H,3,6-7,13H2,1-2H3,(H,14,15). The second kappa shape index (κ2) is 6.39. The first-order chi connectivity index (χ1) is 8.00. The van der Waals surface area contributed by atoms with E-state index in [1.54, 1.807) is 18.4 Å². The van der Waals surface area contributed by atoms with Gasteiger partial charge in [-0.2, -0.15) is 0 Å². The number of nitrogens with two attached hydrogens (primary N) is 1. The van der Waals surface area contributed by atoms with Gasteiger partial charge in [0.25, 0.3) is 5.91 Å². The molecule has 1 amide bonds. The molecule has 0 aromatic heterocycles. The van der Waals surface area contributed by atoms with E-state index in [0.717, 1.165) is 5.56 Å². The average Bonchev–Trinajstić information content (AvgIpc) is 2.27. The van der Waals surface area contributed by atoms with E-state index in [4.69, 9.17) is 5.73 Å². The summed E-state index contributed by atoms with van der Waals surface area (Å²) in [5.41, 5.74) is 7.71. The maximum absolute atomic E-state index is 11.8. The Morgan fingerprint density at radius 1 is 1.47 bits per heavy atom. The van der Waals surface area contributed by atoms with Crippen LogP contribution in [0.25, 0.3) is 0 Å². The fraction of sp³-hybridized carbons (Fsp3) is 0.417. The second-order valence-electron chi connectivity index (χ2n) is 3.98. The van der Waals surface area contributed by atoms with E-state index in [9.17, 15) is 9.00 Å². The monoisotopic (exact) mass is 254 g/mol. The molecule has 1 aromatic carbocycles. The van der Waals surface area contributed by atoms with Crippen LogP contribution in [0.2, 0.25) is 0 Å². The zero-order valence-electron chi connectivity index (χ0n) is 10.2. The number of nitrogen functional groups attached to an aromatic ring is 1. The summed E-state index contributed by atoms with van der Waals surface area (Å²) in [4.78, 5) is 11.8. The van der Waals surface area contributed by atoms with Gasteiger partial charge < -0.3 is 11.1 Å². The first kappa shape index (κ1) is 13.7. The third kappa shape index (κ3) is 4.56. The smallest absolute Gasteiger partial charge is 0.253 e. The molecular formula is C12H18N2O2S. The highest BCUT2D eigenvalue weighted by Gasteiger charge is 2.08. The lowest BCUT2D eigenvalue weighted by atomic mass is 10.1. The number of aryl methyl sites for hydroxylation is 1. The number of hydrogen-bond acceptors (Lipinski definition) is 3. The Bertz CT molecular complexity index is 433. The van der Waals surface area contributed by atoms with Crippen molar-refractivity contribution in [3.05, 3.63) is 29.3 Å². The van der Waals surface area contributed by atoms with E-state index in [-0.39, 0.29) is 5.91 Å². The molecule has 0 bridgehead atoms. The van der Waals surface area contributed by atoms with Crippen molar-refractivity contribution in [3.8, 4) is 0 Å². The van der Waals surface area contributed by atoms with Crippen molar-refractivity contribution in [1.82, 2.24) is 5.32 Å². The predicted molar refractivity (Wildman–Crippen MR) is 71.5 cm³/mol. The van der Waals surface area contributed by atoms with Crippen LogP contribution in [-0.2, 0) is 10.8 Å². The molecule has 17 heavy (non-hydrogen) atoms. The number of anilines is 1. The minimum atomic E-state index is -0.809. The van der Waals surface area contributed by atoms with Crippen molar-refractivity contribution in [2.75, 3.05) is 24.3 Å². The highest BCUT2D eigenvalue weighted by atomic mass is 32.2. The van der Waals surface area contributed by atoms with E-state index in [0.29, 0.717) is 30.0 Å². The molecule has 0 aliphatic heterocycles. The minimum Gasteiger partial charge on any atom is -0.398 e. The molecule has 0 spiro atoms. The van der Waals surface area contributed by atoms with Crippen LogP contribution in [0.3, 0.4) is 0 Å². The van der Waals surface area contributed by atoms with E-state index >= 15 is 0 Å². The van der Waals surface area contributed by atoms with Gasteiger partial charge in [0.1, 0.15) is 0 Å². The van der Waals surface area contributed by atoms with Crippen LogP contribution in [0.15, 0.2) is 18.2 Å². The van der Waals surface area contributed by atoms with Gasteiger partial charge in [-0.25, -0.2) is 0 Å². The molecular weight excluding hydrogens is 236 g/mol. The summed E-state index contributed by atoms with van der Waals surface area (Å²) in [5, 5.41) is 2.77. The first-order valence-electron chi connectivity index (χ1n) is 5.45. The first-order valence-corrected chi connectivity index (χ1v) is 7.18. The van der Waals surface area contributed by atoms with Gasteiger partial charge >= 0.3 is 0 Å². The van der Waals surface area contributed by atoms with Gasteiger partial charge in [0.2, 0.25) is 0 Å². The normalized spacial score (nSPS) is 12.1. The Labute approximate surface area is 104 Å². The van der Waals surface area contributed by atoms with E-state index in [1.165, 1.54) is 0 Å². The van der Waals surface area contributed by atoms with Gasteiger partial charge in [-0.05, 0) is 25.5 Å². The van der Waals surface area contributed by atoms with Crippen LogP contribution in [-0.4, -0.2) is 28.7 Å². The van der Waals surface area contributed by atoms with Crippen molar-refractivity contribution in [2.24, 2.45) is 0 Å². The van der Waals surface area contributed by atoms with Gasteiger partial charge in [-0.15, -0.1) is 0 Å². The molecule has 0 heterocycles. The van der Waals surface area contributed by atoms with Crippen LogP contribution in [0.4, 0.5) is 5.69 Å². The Balaban J connectivity index is 2.52. The molecule has 3 N–H and O–H groups in total. The Morgan fingerprint density at radius 2 is 2.18 bits per heavy atom. The Kier molecular flexibility index (Phi) is 5.15. The third-order valence-corrected chi connectivity index (χ3v) is 3.21. The number of carbonyl (C=O) groups excluding carboxylic acids is 1. The molecule has 5 heteroatoms. The van der Waals surface area contributed by atoms with Crippen molar-refractivity contribution in [3.63, 3.8) is 0 Å². The topological polar surface area (TPSA) is 72.2 Å². The van der Waals surface area contributed by atoms with Gasteiger partial charge in [0.05, 0.1) is 5.56 Å². The molecule has 0 saturated heterocycles. The summed E-state index contributed by atoms with van der Waals surface area (Å²) in [6, 6.07) is 5.36. The second-order valence-corrected chi connectivity index (χ2v) is 5.53. The number of hydrogen-bond donors (Lipinski definition) is 2. The average molecular weight is 254 g/mol. The van der Waals surface area contributed by atoms with Crippen LogP contribution in [0.1, 0.15) is 22.3 Å². The van der Waals surface area contributed by atoms with Crippen LogP contribution >= 0.6 is 0 Å². The maximum Gasteiger partial charge on any atom is 0.253 e. The number of nitrogens with one attached hydrogen (secondary N) is 1. The molecule has 0 fully saturated rings. The van der Waals surface area contributed by atoms with Crippen molar-refractivity contribution in [1.29, 1.82) is 0 Å². The zero-order valence-corrected chi connectivity index (χ0v) is 11.0. The minimum absolute atomic E-state index is 0.173. The Morgan fingerprint density at radius 3 is 2.82 bits per heavy atom. The van der Waals surface area contributed by atoms with Gasteiger partial charge in [0, 0.05) is 35.0 Å². The molecule has 0 aliphatic rings. The number of carbonyl (C=O) groups is 1. The summed E-state index contributed by atoms with van der Waals surface area (Å²) < 4.78 is 10.8. The van der Waals surface area contributed by atoms with Crippen molar-refractivity contribution < 1.29 is 9.00 Å². The molecule has 0 aliphatic carbocycles. The maximum atomic E-state index is 11.8. The predicted octanol–water partition coefficient (Wildman–Crippen LogP) is 1.08. The summed E-state index contributed by atoms with van der Waals surface area (Å²) in [7, 11) is -0.809. The van der Waals surface area contributed by atoms with Crippen molar-refractivity contribution >= 4 is 22.4 Å². The van der Waals surface area contributed by atoms with Crippen LogP contribution < -0.4 is 11.1 Å². The third-order valence-electron chi connectivity index (χ3n) is 2.35. The van der Waals surface area contributed by atoms with E-state index in [2.05, 4.69) is 5.32 Å². The van der Waals surface area contributed by atoms with E-state index in [1.807, 2.05) is 13.0 Å². The molecule has 0 saturated carbocycles. The van der Waals surface area contributed by atoms with Gasteiger partial charge in [-0.1, -0.05) is 11.6 Å². The fourth-order valence-electron chi connectivity index (χ4n) is 1.44. The molecule has 1 atom stereocenters. The molecule has 94 valence electrons. The zero-order chi connectivity index (χ0) is 12.8. The highest BCUT2D eigenvalue weighted by Crippen LogP contribution is 2.13. The summed E-state index contributed by atoms with van der Waals surface area (Å²) in [5.74, 6) is 0.428. The lowest BCUT2D eigenvalue weighted by molar-refractivity contribution is 0.0954. The number of benzene rings is 1. The van der Waals surface area contributed by atoms with Crippen molar-refractivity contribution in [2.45, 2.75) is 13.3 Å². The summed E-state index contributed by atoms with van der Waals surface area (Å²) in [6.45, 7) is 2.43. The largest absolute Gasteiger partial charge is 0.398 e. The highest BCUT2D eigenvalue weighted by molar-refractivity contribution is 7.84. The van der Waals surface area contributed by atoms with Crippen LogP contribution in [0, 0.1) is 6.92 Å². The van der Waals surface area contributed by atoms with Gasteiger partial charge in [0.15, 0.2) is 0 Å². The number of amides is 1. The lowest BCUT2D eigenvalue weighted by Crippen LogP contribution is -2.26. The van der Waals surface area contributed by atoms with Crippen LogP contribution in [0.5, 0.6) is 0 Å². The molecule has 4 nitrogen and oxygen atoms in total.